The molecule has 1 fully saturated rings. The molecule has 1 N–H and O–H groups in total. The first kappa shape index (κ1) is 23.9. The second kappa shape index (κ2) is 9.94. The van der Waals surface area contributed by atoms with E-state index in [9.17, 15) is 9.90 Å². The highest BCUT2D eigenvalue weighted by Gasteiger charge is 2.35. The average molecular weight is 492 g/mol. The van der Waals surface area contributed by atoms with Crippen LogP contribution in [0, 0.1) is 6.92 Å². The molecule has 3 aromatic rings. The first-order valence-corrected chi connectivity index (χ1v) is 11.7. The normalized spacial score (nSPS) is 15.4. The maximum Gasteiger partial charge on any atom is 0.409 e. The maximum atomic E-state index is 12.2. The third-order valence-corrected chi connectivity index (χ3v) is 6.64. The number of hydrogen-bond acceptors (Lipinski definition) is 10. The van der Waals surface area contributed by atoms with Crippen molar-refractivity contribution in [2.45, 2.75) is 19.9 Å². The van der Waals surface area contributed by atoms with Gasteiger partial charge in [-0.3, -0.25) is 4.90 Å². The summed E-state index contributed by atoms with van der Waals surface area (Å²) in [6, 6.07) is 3.33. The van der Waals surface area contributed by atoms with Crippen molar-refractivity contribution >= 4 is 22.4 Å². The van der Waals surface area contributed by atoms with Gasteiger partial charge < -0.3 is 29.0 Å². The molecule has 1 amide bonds. The van der Waals surface area contributed by atoms with Crippen LogP contribution < -0.4 is 14.2 Å². The number of aromatic hydroxyl groups is 1. The minimum absolute atomic E-state index is 0.126. The smallest absolute Gasteiger partial charge is 0.409 e. The van der Waals surface area contributed by atoms with Crippen LogP contribution in [0.4, 0.5) is 4.79 Å². The maximum absolute atomic E-state index is 12.2. The lowest BCUT2D eigenvalue weighted by atomic mass is 10.00. The van der Waals surface area contributed by atoms with Gasteiger partial charge in [-0.2, -0.15) is 5.10 Å². The number of methoxy groups -OCH3 is 3. The van der Waals surface area contributed by atoms with Crippen LogP contribution in [-0.2, 0) is 4.74 Å². The van der Waals surface area contributed by atoms with E-state index in [0.29, 0.717) is 66.5 Å². The van der Waals surface area contributed by atoms with E-state index in [4.69, 9.17) is 18.9 Å². The lowest BCUT2D eigenvalue weighted by molar-refractivity contribution is 0.0704. The van der Waals surface area contributed by atoms with Crippen molar-refractivity contribution < 1.29 is 28.8 Å². The largest absolute Gasteiger partial charge is 0.498 e. The van der Waals surface area contributed by atoms with Gasteiger partial charge in [-0.1, -0.05) is 11.3 Å². The van der Waals surface area contributed by atoms with E-state index in [1.54, 1.807) is 37.7 Å². The van der Waals surface area contributed by atoms with Gasteiger partial charge in [0.25, 0.3) is 0 Å². The summed E-state index contributed by atoms with van der Waals surface area (Å²) in [5.41, 5.74) is 1.42. The topological polar surface area (TPSA) is 111 Å². The highest BCUT2D eigenvalue weighted by molar-refractivity contribution is 7.18. The van der Waals surface area contributed by atoms with E-state index in [0.717, 1.165) is 5.56 Å². The quantitative estimate of drug-likeness (QED) is 0.533. The second-order valence-corrected chi connectivity index (χ2v) is 8.68. The number of thiazole rings is 1. The van der Waals surface area contributed by atoms with Crippen LogP contribution in [0.2, 0.25) is 0 Å². The highest BCUT2D eigenvalue weighted by Crippen LogP contribution is 2.45. The molecule has 0 radical (unpaired) electrons. The molecule has 184 valence electrons. The Bertz CT molecular complexity index is 1150. The molecule has 11 nitrogen and oxygen atoms in total. The molecule has 3 heterocycles. The zero-order valence-corrected chi connectivity index (χ0v) is 20.7. The molecule has 1 unspecified atom stereocenters. The number of carbonyl (C=O) groups excluding carboxylic acids is 1. The van der Waals surface area contributed by atoms with Crippen LogP contribution in [-0.4, -0.2) is 89.7 Å². The van der Waals surface area contributed by atoms with Crippen LogP contribution >= 0.6 is 11.3 Å². The summed E-state index contributed by atoms with van der Waals surface area (Å²) in [5.74, 6) is 2.11. The number of ether oxygens (including phenoxy) is 4. The molecule has 1 saturated heterocycles. The Kier molecular flexibility index (Phi) is 6.98. The number of aromatic nitrogens is 3. The predicted octanol–water partition coefficient (Wildman–Crippen LogP) is 2.69. The Morgan fingerprint density at radius 1 is 1.12 bits per heavy atom. The van der Waals surface area contributed by atoms with Crippen molar-refractivity contribution in [3.63, 3.8) is 0 Å². The van der Waals surface area contributed by atoms with E-state index >= 15 is 0 Å². The van der Waals surface area contributed by atoms with Gasteiger partial charge in [0.2, 0.25) is 10.7 Å². The van der Waals surface area contributed by atoms with E-state index < -0.39 is 6.04 Å². The van der Waals surface area contributed by atoms with Crippen molar-refractivity contribution in [3.8, 4) is 22.3 Å². The standard InChI is InChI=1S/C22H29N5O6S/c1-6-33-22(29)26-9-7-25(8-10-26)17(18-20(28)34-21-23-13(2)24-27(18)21)14-11-15(30-3)19(32-5)16(12-14)31-4/h11-12,17,28H,6-10H2,1-5H3. The third-order valence-electron chi connectivity index (χ3n) is 5.79. The number of carbonyl (C=O) groups is 1. The summed E-state index contributed by atoms with van der Waals surface area (Å²) in [5, 5.41) is 15.6. The Balaban J connectivity index is 1.80. The van der Waals surface area contributed by atoms with Gasteiger partial charge in [-0.25, -0.2) is 14.3 Å². The highest BCUT2D eigenvalue weighted by atomic mass is 32.1. The zero-order valence-electron chi connectivity index (χ0n) is 19.9. The fourth-order valence-corrected chi connectivity index (χ4v) is 5.14. The van der Waals surface area contributed by atoms with Crippen LogP contribution in [0.15, 0.2) is 12.1 Å². The molecule has 0 aliphatic carbocycles. The van der Waals surface area contributed by atoms with Gasteiger partial charge in [-0.05, 0) is 31.5 Å². The first-order valence-electron chi connectivity index (χ1n) is 10.9. The minimum atomic E-state index is -0.409. The summed E-state index contributed by atoms with van der Waals surface area (Å²) in [6.07, 6.45) is -0.320. The van der Waals surface area contributed by atoms with E-state index in [1.807, 2.05) is 19.1 Å². The number of benzene rings is 1. The SMILES string of the molecule is CCOC(=O)N1CCN(C(c2cc(OC)c(OC)c(OC)c2)c2c(O)sc3nc(C)nn23)CC1. The summed E-state index contributed by atoms with van der Waals surface area (Å²) in [6.45, 7) is 6.04. The van der Waals surface area contributed by atoms with E-state index in [2.05, 4.69) is 15.0 Å². The van der Waals surface area contributed by atoms with Gasteiger partial charge in [-0.15, -0.1) is 0 Å². The second-order valence-electron chi connectivity index (χ2n) is 7.73. The fraction of sp³-hybridized carbons (Fsp3) is 0.500. The molecule has 4 rings (SSSR count). The van der Waals surface area contributed by atoms with Crippen LogP contribution in [0.5, 0.6) is 22.3 Å². The fourth-order valence-electron chi connectivity index (χ4n) is 4.26. The predicted molar refractivity (Wildman–Crippen MR) is 125 cm³/mol. The molecule has 1 aromatic carbocycles. The minimum Gasteiger partial charge on any atom is -0.498 e. The van der Waals surface area contributed by atoms with Crippen molar-refractivity contribution in [1.29, 1.82) is 0 Å². The van der Waals surface area contributed by atoms with E-state index in [-0.39, 0.29) is 11.2 Å². The summed E-state index contributed by atoms with van der Waals surface area (Å²) in [7, 11) is 4.68. The number of rotatable bonds is 7. The molecule has 2 aromatic heterocycles. The number of fused-ring (bicyclic) bond motifs is 1. The number of piperazine rings is 1. The molecular formula is C22H29N5O6S. The molecule has 0 spiro atoms. The number of nitrogens with zero attached hydrogens (tertiary/aromatic N) is 5. The van der Waals surface area contributed by atoms with Crippen molar-refractivity contribution in [2.75, 3.05) is 54.1 Å². The summed E-state index contributed by atoms with van der Waals surface area (Å²) in [4.78, 5) is 21.1. The Hall–Kier alpha value is -3.25. The molecule has 1 atom stereocenters. The van der Waals surface area contributed by atoms with E-state index in [1.165, 1.54) is 11.3 Å². The molecule has 34 heavy (non-hydrogen) atoms. The van der Waals surface area contributed by atoms with Gasteiger partial charge in [0.05, 0.1) is 34.0 Å². The lowest BCUT2D eigenvalue weighted by Gasteiger charge is -2.38. The molecule has 1 aliphatic heterocycles. The molecule has 12 heteroatoms. The van der Waals surface area contributed by atoms with Gasteiger partial charge in [0.1, 0.15) is 11.5 Å². The molecule has 0 saturated carbocycles. The molecular weight excluding hydrogens is 462 g/mol. The van der Waals surface area contributed by atoms with Crippen molar-refractivity contribution in [2.24, 2.45) is 0 Å². The third kappa shape index (κ3) is 4.30. The summed E-state index contributed by atoms with van der Waals surface area (Å²) < 4.78 is 23.5. The average Bonchev–Trinajstić information content (AvgIpc) is 3.34. The Labute approximate surface area is 201 Å². The zero-order chi connectivity index (χ0) is 24.4. The van der Waals surface area contributed by atoms with Gasteiger partial charge in [0, 0.05) is 26.2 Å². The van der Waals surface area contributed by atoms with Gasteiger partial charge in [0.15, 0.2) is 16.6 Å². The van der Waals surface area contributed by atoms with Crippen LogP contribution in [0.25, 0.3) is 4.96 Å². The number of amides is 1. The van der Waals surface area contributed by atoms with Crippen molar-refractivity contribution in [3.05, 3.63) is 29.2 Å². The van der Waals surface area contributed by atoms with Gasteiger partial charge >= 0.3 is 6.09 Å². The monoisotopic (exact) mass is 491 g/mol. The summed E-state index contributed by atoms with van der Waals surface area (Å²) >= 11 is 1.17. The number of aryl methyl sites for hydroxylation is 1. The van der Waals surface area contributed by atoms with Crippen LogP contribution in [0.1, 0.15) is 30.0 Å². The van der Waals surface area contributed by atoms with Crippen LogP contribution in [0.3, 0.4) is 0 Å². The number of hydrogen-bond donors (Lipinski definition) is 1. The Morgan fingerprint density at radius 2 is 1.76 bits per heavy atom. The van der Waals surface area contributed by atoms with Crippen molar-refractivity contribution in [1.82, 2.24) is 24.4 Å². The Morgan fingerprint density at radius 3 is 2.32 bits per heavy atom. The molecule has 1 aliphatic rings. The molecule has 0 bridgehead atoms. The lowest BCUT2D eigenvalue weighted by Crippen LogP contribution is -2.50. The first-order chi connectivity index (χ1) is 16.4.